The maximum absolute atomic E-state index is 13.9. The Morgan fingerprint density at radius 1 is 0.935 bits per heavy atom. The van der Waals surface area contributed by atoms with Gasteiger partial charge in [-0.2, -0.15) is 0 Å². The molecule has 1 aliphatic rings. The number of aromatic nitrogens is 1. The third-order valence-electron chi connectivity index (χ3n) is 4.39. The molecule has 1 aliphatic heterocycles. The highest BCUT2D eigenvalue weighted by Gasteiger charge is 2.32. The van der Waals surface area contributed by atoms with Gasteiger partial charge in [0.25, 0.3) is 5.91 Å². The first kappa shape index (κ1) is 20.3. The molecular formula is C20H10F5N3O3. The molecule has 2 heterocycles. The molecule has 2 aromatic carbocycles. The monoisotopic (exact) mass is 435 g/mol. The zero-order valence-electron chi connectivity index (χ0n) is 15.3. The fourth-order valence-electron chi connectivity index (χ4n) is 2.95. The van der Waals surface area contributed by atoms with Crippen LogP contribution in [0.15, 0.2) is 42.6 Å². The lowest BCUT2D eigenvalue weighted by Crippen LogP contribution is -2.38. The molecule has 11 heteroatoms. The molecule has 0 bridgehead atoms. The summed E-state index contributed by atoms with van der Waals surface area (Å²) in [6.07, 6.45) is 1.39. The molecule has 0 radical (unpaired) electrons. The minimum absolute atomic E-state index is 0.00253. The van der Waals surface area contributed by atoms with Gasteiger partial charge in [-0.25, -0.2) is 26.9 Å². The van der Waals surface area contributed by atoms with Crippen LogP contribution >= 0.6 is 0 Å². The molecule has 1 aromatic heterocycles. The number of carbonyl (C=O) groups is 2. The Hall–Kier alpha value is -4.02. The highest BCUT2D eigenvalue weighted by molar-refractivity contribution is 6.12. The van der Waals surface area contributed by atoms with Crippen LogP contribution in [0, 0.1) is 29.1 Å². The summed E-state index contributed by atoms with van der Waals surface area (Å²) in [6.45, 7) is -0.812. The van der Waals surface area contributed by atoms with Gasteiger partial charge in [-0.15, -0.1) is 0 Å². The standard InChI is InChI=1S/C20H10F5N3O3/c21-13-14(22)16(24)18(17(25)15(13)23)27-12(29)8-28-10-5-1-2-6-11(10)31-19-9(20(28)30)4-3-7-26-19/h1-7H,8H2,(H,27,29). The van der Waals surface area contributed by atoms with E-state index in [0.29, 0.717) is 0 Å². The van der Waals surface area contributed by atoms with Gasteiger partial charge in [-0.3, -0.25) is 14.5 Å². The third-order valence-corrected chi connectivity index (χ3v) is 4.39. The zero-order chi connectivity index (χ0) is 22.3. The second kappa shape index (κ2) is 7.67. The molecular weight excluding hydrogens is 425 g/mol. The number of benzene rings is 2. The van der Waals surface area contributed by atoms with E-state index in [0.717, 1.165) is 4.90 Å². The molecule has 0 saturated heterocycles. The van der Waals surface area contributed by atoms with Gasteiger partial charge in [-0.1, -0.05) is 12.1 Å². The normalized spacial score (nSPS) is 12.5. The van der Waals surface area contributed by atoms with Crippen molar-refractivity contribution in [1.29, 1.82) is 0 Å². The number of carbonyl (C=O) groups excluding carboxylic acids is 2. The quantitative estimate of drug-likeness (QED) is 0.381. The molecule has 158 valence electrons. The van der Waals surface area contributed by atoms with E-state index in [-0.39, 0.29) is 22.9 Å². The average Bonchev–Trinajstić information content (AvgIpc) is 2.89. The van der Waals surface area contributed by atoms with E-state index in [4.69, 9.17) is 4.74 Å². The Kier molecular flexibility index (Phi) is 5.01. The van der Waals surface area contributed by atoms with Crippen LogP contribution in [0.2, 0.25) is 0 Å². The summed E-state index contributed by atoms with van der Waals surface area (Å²) in [5.41, 5.74) is -1.38. The van der Waals surface area contributed by atoms with E-state index in [1.54, 1.807) is 17.4 Å². The van der Waals surface area contributed by atoms with E-state index < -0.39 is 53.1 Å². The lowest BCUT2D eigenvalue weighted by molar-refractivity contribution is -0.115. The van der Waals surface area contributed by atoms with Crippen LogP contribution in [-0.2, 0) is 4.79 Å². The molecule has 2 amide bonds. The third kappa shape index (κ3) is 3.43. The Morgan fingerprint density at radius 2 is 1.58 bits per heavy atom. The zero-order valence-corrected chi connectivity index (χ0v) is 15.3. The SMILES string of the molecule is O=C(CN1C(=O)c2cccnc2Oc2ccccc21)Nc1c(F)c(F)c(F)c(F)c1F. The number of anilines is 2. The summed E-state index contributed by atoms with van der Waals surface area (Å²) >= 11 is 0. The predicted molar refractivity (Wildman–Crippen MR) is 97.3 cm³/mol. The highest BCUT2D eigenvalue weighted by atomic mass is 19.2. The fraction of sp³-hybridized carbons (Fsp3) is 0.0500. The smallest absolute Gasteiger partial charge is 0.264 e. The van der Waals surface area contributed by atoms with Crippen molar-refractivity contribution in [2.75, 3.05) is 16.8 Å². The van der Waals surface area contributed by atoms with Crippen molar-refractivity contribution in [2.24, 2.45) is 0 Å². The molecule has 0 saturated carbocycles. The summed E-state index contributed by atoms with van der Waals surface area (Å²) in [5.74, 6) is -13.0. The number of fused-ring (bicyclic) bond motifs is 2. The number of ether oxygens (including phenoxy) is 1. The van der Waals surface area contributed by atoms with Crippen LogP contribution in [0.3, 0.4) is 0 Å². The van der Waals surface area contributed by atoms with Gasteiger partial charge in [0.2, 0.25) is 17.6 Å². The molecule has 0 unspecified atom stereocenters. The second-order valence-corrected chi connectivity index (χ2v) is 6.31. The summed E-state index contributed by atoms with van der Waals surface area (Å²) in [6, 6.07) is 8.96. The van der Waals surface area contributed by atoms with Crippen molar-refractivity contribution in [3.63, 3.8) is 0 Å². The van der Waals surface area contributed by atoms with Gasteiger partial charge in [-0.05, 0) is 24.3 Å². The number of nitrogens with zero attached hydrogens (tertiary/aromatic N) is 2. The molecule has 1 N–H and O–H groups in total. The van der Waals surface area contributed by atoms with Crippen molar-refractivity contribution in [2.45, 2.75) is 0 Å². The van der Waals surface area contributed by atoms with Crippen LogP contribution in [0.1, 0.15) is 10.4 Å². The lowest BCUT2D eigenvalue weighted by Gasteiger charge is -2.21. The first-order valence-electron chi connectivity index (χ1n) is 8.64. The van der Waals surface area contributed by atoms with Gasteiger partial charge < -0.3 is 10.1 Å². The number of pyridine rings is 1. The van der Waals surface area contributed by atoms with Crippen molar-refractivity contribution in [3.8, 4) is 11.6 Å². The Bertz CT molecular complexity index is 1210. The molecule has 3 aromatic rings. The minimum atomic E-state index is -2.36. The van der Waals surface area contributed by atoms with Crippen LogP contribution in [0.4, 0.5) is 33.3 Å². The molecule has 0 atom stereocenters. The van der Waals surface area contributed by atoms with Gasteiger partial charge in [0.1, 0.15) is 17.8 Å². The number of rotatable bonds is 3. The van der Waals surface area contributed by atoms with Crippen LogP contribution < -0.4 is 15.0 Å². The molecule has 0 aliphatic carbocycles. The average molecular weight is 435 g/mol. The van der Waals surface area contributed by atoms with Gasteiger partial charge in [0, 0.05) is 6.20 Å². The maximum Gasteiger partial charge on any atom is 0.264 e. The molecule has 0 fully saturated rings. The lowest BCUT2D eigenvalue weighted by atomic mass is 10.2. The number of halogens is 5. The fourth-order valence-corrected chi connectivity index (χ4v) is 2.95. The van der Waals surface area contributed by atoms with E-state index in [9.17, 15) is 31.5 Å². The minimum Gasteiger partial charge on any atom is -0.436 e. The largest absolute Gasteiger partial charge is 0.436 e. The highest BCUT2D eigenvalue weighted by Crippen LogP contribution is 2.37. The summed E-state index contributed by atoms with van der Waals surface area (Å²) < 4.78 is 73.3. The van der Waals surface area contributed by atoms with Crippen molar-refractivity contribution in [1.82, 2.24) is 4.98 Å². The number of para-hydroxylation sites is 2. The molecule has 6 nitrogen and oxygen atoms in total. The Morgan fingerprint density at radius 3 is 2.29 bits per heavy atom. The number of amides is 2. The molecule has 0 spiro atoms. The van der Waals surface area contributed by atoms with Gasteiger partial charge in [0.05, 0.1) is 5.69 Å². The molecule has 31 heavy (non-hydrogen) atoms. The van der Waals surface area contributed by atoms with E-state index in [1.807, 2.05) is 0 Å². The predicted octanol–water partition coefficient (Wildman–Crippen LogP) is 4.17. The summed E-state index contributed by atoms with van der Waals surface area (Å²) in [4.78, 5) is 30.3. The van der Waals surface area contributed by atoms with Crippen LogP contribution in [-0.4, -0.2) is 23.3 Å². The van der Waals surface area contributed by atoms with Crippen molar-refractivity contribution < 1.29 is 36.3 Å². The van der Waals surface area contributed by atoms with Crippen LogP contribution in [0.25, 0.3) is 0 Å². The Labute approximate surface area is 170 Å². The maximum atomic E-state index is 13.9. The van der Waals surface area contributed by atoms with Gasteiger partial charge in [0.15, 0.2) is 29.0 Å². The van der Waals surface area contributed by atoms with E-state index in [2.05, 4.69) is 4.98 Å². The first-order valence-corrected chi connectivity index (χ1v) is 8.64. The van der Waals surface area contributed by atoms with E-state index in [1.165, 1.54) is 30.5 Å². The van der Waals surface area contributed by atoms with Crippen LogP contribution in [0.5, 0.6) is 11.6 Å². The first-order chi connectivity index (χ1) is 14.8. The topological polar surface area (TPSA) is 71.5 Å². The summed E-state index contributed by atoms with van der Waals surface area (Å²) in [5, 5.41) is 1.64. The van der Waals surface area contributed by atoms with Crippen molar-refractivity contribution in [3.05, 3.63) is 77.2 Å². The van der Waals surface area contributed by atoms with E-state index >= 15 is 0 Å². The summed E-state index contributed by atoms with van der Waals surface area (Å²) in [7, 11) is 0. The number of hydrogen-bond acceptors (Lipinski definition) is 4. The number of hydrogen-bond donors (Lipinski definition) is 1. The number of nitrogens with one attached hydrogen (secondary N) is 1. The molecule has 4 rings (SSSR count). The van der Waals surface area contributed by atoms with Crippen molar-refractivity contribution >= 4 is 23.2 Å². The Balaban J connectivity index is 1.69. The van der Waals surface area contributed by atoms with Gasteiger partial charge >= 0.3 is 0 Å². The second-order valence-electron chi connectivity index (χ2n) is 6.31.